The van der Waals surface area contributed by atoms with Gasteiger partial charge in [0.15, 0.2) is 6.10 Å². The minimum absolute atomic E-state index is 0.604. The van der Waals surface area contributed by atoms with Gasteiger partial charge in [-0.2, -0.15) is 0 Å². The van der Waals surface area contributed by atoms with Crippen LogP contribution in [-0.2, 0) is 27.3 Å². The number of carboxylic acids is 1. The predicted octanol–water partition coefficient (Wildman–Crippen LogP) is 0.426. The summed E-state index contributed by atoms with van der Waals surface area (Å²) in [6, 6.07) is 0. The van der Waals surface area contributed by atoms with E-state index in [2.05, 4.69) is 13.4 Å². The van der Waals surface area contributed by atoms with Crippen molar-refractivity contribution in [1.82, 2.24) is 0 Å². The van der Waals surface area contributed by atoms with Gasteiger partial charge in [0, 0.05) is 6.66 Å². The van der Waals surface area contributed by atoms with Crippen molar-refractivity contribution in [1.29, 1.82) is 0 Å². The van der Waals surface area contributed by atoms with Crippen LogP contribution >= 0.6 is 15.4 Å². The number of carbonyl (C=O) groups is 1. The fourth-order valence-corrected chi connectivity index (χ4v) is 3.46. The highest BCUT2D eigenvalue weighted by atomic mass is 31.3. The van der Waals surface area contributed by atoms with E-state index in [0.29, 0.717) is 0 Å². The minimum atomic E-state index is -4.63. The standard InChI is InChI=1S/C4H8O8P2/c1-13(7)10-2-3(4(5)6)11-14(8,9)12-13/h3H,2H2,1H3,(H,5,6)(H,8,9). The van der Waals surface area contributed by atoms with Crippen molar-refractivity contribution in [3.05, 3.63) is 0 Å². The highest BCUT2D eigenvalue weighted by Gasteiger charge is 2.41. The van der Waals surface area contributed by atoms with E-state index in [-0.39, 0.29) is 0 Å². The summed E-state index contributed by atoms with van der Waals surface area (Å²) in [7, 11) is -8.36. The maximum absolute atomic E-state index is 11.2. The molecule has 82 valence electrons. The van der Waals surface area contributed by atoms with Gasteiger partial charge in [-0.05, 0) is 0 Å². The number of hydrogen-bond acceptors (Lipinski definition) is 6. The second-order valence-corrected chi connectivity index (χ2v) is 6.15. The van der Waals surface area contributed by atoms with Gasteiger partial charge in [0.1, 0.15) is 0 Å². The molecule has 8 nitrogen and oxygen atoms in total. The quantitative estimate of drug-likeness (QED) is 0.639. The van der Waals surface area contributed by atoms with Gasteiger partial charge in [0.25, 0.3) is 0 Å². The second kappa shape index (κ2) is 3.73. The first-order valence-corrected chi connectivity index (χ1v) is 6.88. The summed E-state index contributed by atoms with van der Waals surface area (Å²) < 4.78 is 35.0. The monoisotopic (exact) mass is 246 g/mol. The van der Waals surface area contributed by atoms with E-state index >= 15 is 0 Å². The number of rotatable bonds is 1. The maximum atomic E-state index is 11.2. The number of carboxylic acid groups (broad SMARTS) is 1. The van der Waals surface area contributed by atoms with Crippen LogP contribution in [0, 0.1) is 0 Å². The fraction of sp³-hybridized carbons (Fsp3) is 0.750. The van der Waals surface area contributed by atoms with Crippen LogP contribution in [0.2, 0.25) is 0 Å². The first kappa shape index (κ1) is 11.8. The molecule has 1 aliphatic heterocycles. The molecule has 0 bridgehead atoms. The Balaban J connectivity index is 2.90. The third kappa shape index (κ3) is 3.16. The summed E-state index contributed by atoms with van der Waals surface area (Å²) in [6.45, 7) is 0.344. The lowest BCUT2D eigenvalue weighted by Gasteiger charge is -2.11. The van der Waals surface area contributed by atoms with Crippen LogP contribution in [0.4, 0.5) is 0 Å². The smallest absolute Gasteiger partial charge is 0.479 e. The molecule has 1 fully saturated rings. The van der Waals surface area contributed by atoms with Crippen LogP contribution in [0.5, 0.6) is 0 Å². The van der Waals surface area contributed by atoms with E-state index in [9.17, 15) is 13.9 Å². The molecule has 1 heterocycles. The van der Waals surface area contributed by atoms with Crippen LogP contribution in [0.25, 0.3) is 0 Å². The maximum Gasteiger partial charge on any atom is 0.480 e. The van der Waals surface area contributed by atoms with Gasteiger partial charge >= 0.3 is 21.4 Å². The Hall–Kier alpha value is -0.230. The van der Waals surface area contributed by atoms with Crippen LogP contribution in [-0.4, -0.2) is 35.3 Å². The Morgan fingerprint density at radius 2 is 2.07 bits per heavy atom. The summed E-state index contributed by atoms with van der Waals surface area (Å²) >= 11 is 0. The zero-order chi connectivity index (χ0) is 11.0. The highest BCUT2D eigenvalue weighted by Crippen LogP contribution is 2.63. The molecule has 14 heavy (non-hydrogen) atoms. The van der Waals surface area contributed by atoms with Gasteiger partial charge in [-0.25, -0.2) is 13.7 Å². The molecule has 1 saturated heterocycles. The van der Waals surface area contributed by atoms with Crippen molar-refractivity contribution >= 4 is 21.4 Å². The molecule has 2 N–H and O–H groups in total. The Morgan fingerprint density at radius 1 is 1.50 bits per heavy atom. The molecular formula is C4H8O8P2. The normalized spacial score (nSPS) is 44.3. The van der Waals surface area contributed by atoms with Crippen LogP contribution in [0.1, 0.15) is 0 Å². The Bertz CT molecular complexity index is 336. The third-order valence-electron chi connectivity index (χ3n) is 1.25. The van der Waals surface area contributed by atoms with Gasteiger partial charge in [0.2, 0.25) is 0 Å². The number of phosphoric acid groups is 1. The molecule has 3 atom stereocenters. The van der Waals surface area contributed by atoms with E-state index in [1.54, 1.807) is 0 Å². The Kier molecular flexibility index (Phi) is 3.16. The zero-order valence-electron chi connectivity index (χ0n) is 7.02. The number of hydrogen-bond donors (Lipinski definition) is 2. The average Bonchev–Trinajstić information content (AvgIpc) is 2.04. The lowest BCUT2D eigenvalue weighted by Crippen LogP contribution is -2.26. The van der Waals surface area contributed by atoms with Crippen molar-refractivity contribution in [2.45, 2.75) is 6.10 Å². The van der Waals surface area contributed by atoms with Crippen molar-refractivity contribution in [2.24, 2.45) is 0 Å². The molecule has 0 aromatic rings. The molecule has 0 aliphatic carbocycles. The van der Waals surface area contributed by atoms with Crippen molar-refractivity contribution in [3.63, 3.8) is 0 Å². The van der Waals surface area contributed by atoms with Gasteiger partial charge in [0.05, 0.1) is 6.61 Å². The average molecular weight is 246 g/mol. The molecule has 0 amide bonds. The highest BCUT2D eigenvalue weighted by molar-refractivity contribution is 7.64. The molecule has 1 aliphatic rings. The van der Waals surface area contributed by atoms with Crippen molar-refractivity contribution in [3.8, 4) is 0 Å². The van der Waals surface area contributed by atoms with E-state index < -0.39 is 34.1 Å². The first-order chi connectivity index (χ1) is 6.22. The molecule has 0 radical (unpaired) electrons. The molecule has 1 rings (SSSR count). The van der Waals surface area contributed by atoms with Gasteiger partial charge in [-0.1, -0.05) is 0 Å². The lowest BCUT2D eigenvalue weighted by atomic mass is 10.4. The number of phosphoric ester groups is 1. The van der Waals surface area contributed by atoms with E-state index in [0.717, 1.165) is 6.66 Å². The largest absolute Gasteiger partial charge is 0.480 e. The minimum Gasteiger partial charge on any atom is -0.479 e. The summed E-state index contributed by atoms with van der Waals surface area (Å²) in [5.41, 5.74) is 0. The van der Waals surface area contributed by atoms with Crippen molar-refractivity contribution < 1.29 is 37.3 Å². The third-order valence-corrected chi connectivity index (χ3v) is 4.40. The molecule has 0 aromatic carbocycles. The van der Waals surface area contributed by atoms with Crippen LogP contribution in [0.3, 0.4) is 0 Å². The summed E-state index contributed by atoms with van der Waals surface area (Å²) in [5.74, 6) is -1.50. The predicted molar refractivity (Wildman–Crippen MR) is 42.9 cm³/mol. The molecule has 0 saturated carbocycles. The lowest BCUT2D eigenvalue weighted by molar-refractivity contribution is -0.146. The molecule has 10 heteroatoms. The topological polar surface area (TPSA) is 119 Å². The fourth-order valence-electron chi connectivity index (χ4n) is 0.741. The van der Waals surface area contributed by atoms with E-state index in [1.807, 2.05) is 0 Å². The van der Waals surface area contributed by atoms with Gasteiger partial charge < -0.3 is 14.5 Å². The summed E-state index contributed by atoms with van der Waals surface area (Å²) in [6.07, 6.45) is -1.67. The summed E-state index contributed by atoms with van der Waals surface area (Å²) in [4.78, 5) is 19.3. The summed E-state index contributed by atoms with van der Waals surface area (Å²) in [5, 5.41) is 8.48. The first-order valence-electron chi connectivity index (χ1n) is 3.39. The molecular weight excluding hydrogens is 238 g/mol. The van der Waals surface area contributed by atoms with Gasteiger partial charge in [-0.15, -0.1) is 0 Å². The molecule has 0 aromatic heterocycles. The van der Waals surface area contributed by atoms with Crippen molar-refractivity contribution in [2.75, 3.05) is 13.3 Å². The zero-order valence-corrected chi connectivity index (χ0v) is 8.81. The SMILES string of the molecule is CP1(=O)OCC(C(=O)O)OP(=O)(O)O1. The Morgan fingerprint density at radius 3 is 2.57 bits per heavy atom. The van der Waals surface area contributed by atoms with E-state index in [4.69, 9.17) is 10.00 Å². The van der Waals surface area contributed by atoms with Crippen LogP contribution < -0.4 is 0 Å². The molecule has 0 spiro atoms. The number of aliphatic carboxylic acids is 1. The Labute approximate surface area is 78.9 Å². The van der Waals surface area contributed by atoms with Gasteiger partial charge in [-0.3, -0.25) is 9.09 Å². The van der Waals surface area contributed by atoms with Crippen LogP contribution in [0.15, 0.2) is 0 Å². The molecule has 3 unspecified atom stereocenters. The van der Waals surface area contributed by atoms with E-state index in [1.165, 1.54) is 0 Å². The second-order valence-electron chi connectivity index (χ2n) is 2.55.